The Morgan fingerprint density at radius 2 is 2.19 bits per heavy atom. The number of halogens is 1. The summed E-state index contributed by atoms with van der Waals surface area (Å²) in [6, 6.07) is 4.85. The van der Waals surface area contributed by atoms with Crippen LogP contribution in [0.3, 0.4) is 0 Å². The predicted octanol–water partition coefficient (Wildman–Crippen LogP) is 3.20. The molecule has 0 aromatic heterocycles. The van der Waals surface area contributed by atoms with Crippen LogP contribution < -0.4 is 5.73 Å². The van der Waals surface area contributed by atoms with Crippen molar-refractivity contribution in [1.29, 1.82) is 0 Å². The van der Waals surface area contributed by atoms with Gasteiger partial charge in [-0.05, 0) is 24.8 Å². The fourth-order valence-electron chi connectivity index (χ4n) is 1.81. The zero-order chi connectivity index (χ0) is 12.3. The van der Waals surface area contributed by atoms with E-state index in [0.717, 1.165) is 16.5 Å². The maximum absolute atomic E-state index is 10.6. The summed E-state index contributed by atoms with van der Waals surface area (Å²) in [7, 11) is 0. The SMILES string of the molecule is CCC(c1ccc([N+](=O)[O-])cc1Br)C(C)N. The van der Waals surface area contributed by atoms with E-state index in [1.54, 1.807) is 6.07 Å². The number of nitro groups is 1. The van der Waals surface area contributed by atoms with E-state index in [0.29, 0.717) is 0 Å². The van der Waals surface area contributed by atoms with E-state index < -0.39 is 4.92 Å². The first kappa shape index (κ1) is 13.1. The van der Waals surface area contributed by atoms with Gasteiger partial charge in [0.15, 0.2) is 0 Å². The van der Waals surface area contributed by atoms with Gasteiger partial charge in [-0.3, -0.25) is 10.1 Å². The minimum absolute atomic E-state index is 0.0303. The number of nitrogens with zero attached hydrogens (tertiary/aromatic N) is 1. The van der Waals surface area contributed by atoms with Gasteiger partial charge < -0.3 is 5.73 Å². The average molecular weight is 287 g/mol. The van der Waals surface area contributed by atoms with E-state index in [4.69, 9.17) is 5.73 Å². The molecular formula is C11H15BrN2O2. The first-order chi connectivity index (χ1) is 7.47. The molecule has 1 aromatic rings. The topological polar surface area (TPSA) is 69.2 Å². The Morgan fingerprint density at radius 1 is 1.56 bits per heavy atom. The molecule has 0 radical (unpaired) electrons. The Bertz CT molecular complexity index is 394. The summed E-state index contributed by atoms with van der Waals surface area (Å²) < 4.78 is 0.755. The van der Waals surface area contributed by atoms with Crippen LogP contribution in [-0.2, 0) is 0 Å². The number of hydrogen-bond acceptors (Lipinski definition) is 3. The summed E-state index contributed by atoms with van der Waals surface area (Å²) in [6.07, 6.45) is 0.911. The Labute approximate surface area is 103 Å². The molecule has 0 amide bonds. The van der Waals surface area contributed by atoms with Crippen molar-refractivity contribution >= 4 is 21.6 Å². The van der Waals surface area contributed by atoms with Crippen LogP contribution in [0.4, 0.5) is 5.69 Å². The summed E-state index contributed by atoms with van der Waals surface area (Å²) in [5, 5.41) is 10.6. The molecule has 0 aliphatic heterocycles. The zero-order valence-corrected chi connectivity index (χ0v) is 10.9. The van der Waals surface area contributed by atoms with Crippen molar-refractivity contribution in [2.45, 2.75) is 32.2 Å². The fourth-order valence-corrected chi connectivity index (χ4v) is 2.47. The van der Waals surface area contributed by atoms with Crippen LogP contribution in [0, 0.1) is 10.1 Å². The highest BCUT2D eigenvalue weighted by atomic mass is 79.9. The Balaban J connectivity index is 3.11. The highest BCUT2D eigenvalue weighted by molar-refractivity contribution is 9.10. The van der Waals surface area contributed by atoms with E-state index >= 15 is 0 Å². The van der Waals surface area contributed by atoms with Crippen LogP contribution in [0.25, 0.3) is 0 Å². The van der Waals surface area contributed by atoms with Gasteiger partial charge in [-0.15, -0.1) is 0 Å². The van der Waals surface area contributed by atoms with Crippen molar-refractivity contribution in [2.24, 2.45) is 5.73 Å². The van der Waals surface area contributed by atoms with Gasteiger partial charge in [0, 0.05) is 22.6 Å². The van der Waals surface area contributed by atoms with Crippen molar-refractivity contribution in [3.8, 4) is 0 Å². The Hall–Kier alpha value is -0.940. The molecule has 4 nitrogen and oxygen atoms in total. The third kappa shape index (κ3) is 2.80. The second kappa shape index (κ2) is 5.41. The number of benzene rings is 1. The van der Waals surface area contributed by atoms with Gasteiger partial charge in [-0.1, -0.05) is 28.9 Å². The molecule has 0 saturated carbocycles. The molecule has 0 aliphatic rings. The van der Waals surface area contributed by atoms with Crippen LogP contribution in [0.5, 0.6) is 0 Å². The standard InChI is InChI=1S/C11H15BrN2O2/c1-3-9(7(2)13)10-5-4-8(14(15)16)6-11(10)12/h4-7,9H,3,13H2,1-2H3. The van der Waals surface area contributed by atoms with Crippen LogP contribution in [0.1, 0.15) is 31.7 Å². The molecule has 2 N–H and O–H groups in total. The van der Waals surface area contributed by atoms with Crippen molar-refractivity contribution in [3.63, 3.8) is 0 Å². The summed E-state index contributed by atoms with van der Waals surface area (Å²) in [4.78, 5) is 10.2. The van der Waals surface area contributed by atoms with E-state index in [-0.39, 0.29) is 17.6 Å². The van der Waals surface area contributed by atoms with Crippen molar-refractivity contribution < 1.29 is 4.92 Å². The molecule has 5 heteroatoms. The highest BCUT2D eigenvalue weighted by Gasteiger charge is 2.18. The van der Waals surface area contributed by atoms with Crippen LogP contribution in [-0.4, -0.2) is 11.0 Å². The largest absolute Gasteiger partial charge is 0.327 e. The lowest BCUT2D eigenvalue weighted by atomic mass is 9.90. The lowest BCUT2D eigenvalue weighted by Crippen LogP contribution is -2.24. The lowest BCUT2D eigenvalue weighted by molar-refractivity contribution is -0.384. The Morgan fingerprint density at radius 3 is 2.56 bits per heavy atom. The summed E-state index contributed by atoms with van der Waals surface area (Å²) >= 11 is 3.37. The third-order valence-electron chi connectivity index (χ3n) is 2.67. The molecule has 0 bridgehead atoms. The fraction of sp³-hybridized carbons (Fsp3) is 0.455. The van der Waals surface area contributed by atoms with E-state index in [2.05, 4.69) is 22.9 Å². The molecule has 2 unspecified atom stereocenters. The minimum Gasteiger partial charge on any atom is -0.327 e. The molecule has 1 aromatic carbocycles. The second-order valence-electron chi connectivity index (χ2n) is 3.84. The average Bonchev–Trinajstić information content (AvgIpc) is 2.20. The molecule has 0 heterocycles. The van der Waals surface area contributed by atoms with Gasteiger partial charge in [0.2, 0.25) is 0 Å². The van der Waals surface area contributed by atoms with Crippen LogP contribution >= 0.6 is 15.9 Å². The van der Waals surface area contributed by atoms with Crippen molar-refractivity contribution in [1.82, 2.24) is 0 Å². The number of nitrogens with two attached hydrogens (primary N) is 1. The first-order valence-electron chi connectivity index (χ1n) is 5.16. The van der Waals surface area contributed by atoms with Gasteiger partial charge in [-0.25, -0.2) is 0 Å². The monoisotopic (exact) mass is 286 g/mol. The zero-order valence-electron chi connectivity index (χ0n) is 9.31. The maximum Gasteiger partial charge on any atom is 0.270 e. The lowest BCUT2D eigenvalue weighted by Gasteiger charge is -2.20. The smallest absolute Gasteiger partial charge is 0.270 e. The second-order valence-corrected chi connectivity index (χ2v) is 4.69. The number of hydrogen-bond donors (Lipinski definition) is 1. The summed E-state index contributed by atoms with van der Waals surface area (Å²) in [6.45, 7) is 4.00. The predicted molar refractivity (Wildman–Crippen MR) is 67.5 cm³/mol. The van der Waals surface area contributed by atoms with Crippen LogP contribution in [0.2, 0.25) is 0 Å². The van der Waals surface area contributed by atoms with Crippen molar-refractivity contribution in [2.75, 3.05) is 0 Å². The van der Waals surface area contributed by atoms with Crippen LogP contribution in [0.15, 0.2) is 22.7 Å². The Kier molecular flexibility index (Phi) is 4.44. The molecular weight excluding hydrogens is 272 g/mol. The normalized spacial score (nSPS) is 14.5. The summed E-state index contributed by atoms with van der Waals surface area (Å²) in [5.41, 5.74) is 7.01. The molecule has 0 fully saturated rings. The maximum atomic E-state index is 10.6. The summed E-state index contributed by atoms with van der Waals surface area (Å²) in [5.74, 6) is 0.218. The highest BCUT2D eigenvalue weighted by Crippen LogP contribution is 2.31. The molecule has 0 aliphatic carbocycles. The quantitative estimate of drug-likeness (QED) is 0.683. The molecule has 0 spiro atoms. The minimum atomic E-state index is -0.401. The van der Waals surface area contributed by atoms with Gasteiger partial charge >= 0.3 is 0 Å². The molecule has 1 rings (SSSR count). The molecule has 16 heavy (non-hydrogen) atoms. The molecule has 88 valence electrons. The van der Waals surface area contributed by atoms with Gasteiger partial charge in [0.25, 0.3) is 5.69 Å². The van der Waals surface area contributed by atoms with Crippen molar-refractivity contribution in [3.05, 3.63) is 38.3 Å². The van der Waals surface area contributed by atoms with Gasteiger partial charge in [0.1, 0.15) is 0 Å². The first-order valence-corrected chi connectivity index (χ1v) is 5.96. The number of rotatable bonds is 4. The van der Waals surface area contributed by atoms with E-state index in [1.807, 2.05) is 6.92 Å². The van der Waals surface area contributed by atoms with E-state index in [9.17, 15) is 10.1 Å². The van der Waals surface area contributed by atoms with Gasteiger partial charge in [0.05, 0.1) is 4.92 Å². The van der Waals surface area contributed by atoms with E-state index in [1.165, 1.54) is 12.1 Å². The van der Waals surface area contributed by atoms with Gasteiger partial charge in [-0.2, -0.15) is 0 Å². The molecule has 2 atom stereocenters. The number of nitro benzene ring substituents is 1. The third-order valence-corrected chi connectivity index (χ3v) is 3.36. The molecule has 0 saturated heterocycles. The number of non-ortho nitro benzene ring substituents is 1.